The van der Waals surface area contributed by atoms with Gasteiger partial charge in [-0.25, -0.2) is 0 Å². The first kappa shape index (κ1) is 32.0. The van der Waals surface area contributed by atoms with Gasteiger partial charge in [0.2, 0.25) is 0 Å². The number of benzene rings is 6. The molecule has 6 aromatic carbocycles. The molecule has 0 heterocycles. The SMILES string of the molecule is Clc1ccc(C(OC(c2ccc(Cl)cc2)(c2ccc(Cl)cc2)c2ccc(Cl)cc2)(c2ccc(Cl)cc2)c2ccc(Cl)cc2)cc1. The maximum atomic E-state index is 7.92. The molecule has 224 valence electrons. The molecule has 0 saturated carbocycles. The van der Waals surface area contributed by atoms with Gasteiger partial charge in [0.25, 0.3) is 0 Å². The summed E-state index contributed by atoms with van der Waals surface area (Å²) >= 11 is 38.7. The number of ether oxygens (including phenoxy) is 1. The van der Waals surface area contributed by atoms with E-state index in [-0.39, 0.29) is 0 Å². The highest BCUT2D eigenvalue weighted by Crippen LogP contribution is 2.52. The summed E-state index contributed by atoms with van der Waals surface area (Å²) in [7, 11) is 0. The van der Waals surface area contributed by atoms with E-state index in [1.165, 1.54) is 0 Å². The van der Waals surface area contributed by atoms with E-state index in [1.54, 1.807) is 0 Å². The van der Waals surface area contributed by atoms with Gasteiger partial charge in [0.15, 0.2) is 0 Å². The molecule has 0 aromatic heterocycles. The predicted octanol–water partition coefficient (Wildman–Crippen LogP) is 12.9. The quantitative estimate of drug-likeness (QED) is 0.143. The van der Waals surface area contributed by atoms with Crippen LogP contribution in [0.5, 0.6) is 0 Å². The van der Waals surface area contributed by atoms with E-state index in [1.807, 2.05) is 146 Å². The van der Waals surface area contributed by atoms with Gasteiger partial charge in [0.1, 0.15) is 11.2 Å². The monoisotopic (exact) mass is 706 g/mol. The van der Waals surface area contributed by atoms with Crippen LogP contribution < -0.4 is 0 Å². The second-order valence-electron chi connectivity index (χ2n) is 10.5. The molecule has 6 aromatic rings. The summed E-state index contributed by atoms with van der Waals surface area (Å²) in [6.07, 6.45) is 0. The summed E-state index contributed by atoms with van der Waals surface area (Å²) in [6, 6.07) is 46.0. The lowest BCUT2D eigenvalue weighted by molar-refractivity contribution is -0.0810. The Balaban J connectivity index is 1.78. The minimum absolute atomic E-state index is 0.597. The van der Waals surface area contributed by atoms with Gasteiger partial charge in [-0.2, -0.15) is 0 Å². The van der Waals surface area contributed by atoms with Gasteiger partial charge in [-0.05, 0) is 106 Å². The van der Waals surface area contributed by atoms with E-state index >= 15 is 0 Å². The molecule has 0 amide bonds. The standard InChI is InChI=1S/C38H24Cl6O/c39-31-13-1-25(2-14-31)37(26-3-15-32(40)16-4-26,27-5-17-33(41)18-6-27)45-38(28-7-19-34(42)20-8-28,29-9-21-35(43)22-10-29)30-11-23-36(44)24-12-30/h1-24H. The highest BCUT2D eigenvalue weighted by molar-refractivity contribution is 6.32. The maximum absolute atomic E-state index is 7.92. The molecule has 0 radical (unpaired) electrons. The molecule has 0 aliphatic carbocycles. The third-order valence-electron chi connectivity index (χ3n) is 7.81. The van der Waals surface area contributed by atoms with Gasteiger partial charge in [-0.3, -0.25) is 0 Å². The molecule has 0 saturated heterocycles. The van der Waals surface area contributed by atoms with Crippen molar-refractivity contribution in [1.82, 2.24) is 0 Å². The van der Waals surface area contributed by atoms with Gasteiger partial charge in [0.05, 0.1) is 0 Å². The fourth-order valence-electron chi connectivity index (χ4n) is 5.69. The molecule has 0 fully saturated rings. The van der Waals surface area contributed by atoms with Crippen molar-refractivity contribution < 1.29 is 4.74 Å². The molecular weight excluding hydrogens is 685 g/mol. The molecule has 0 bridgehead atoms. The minimum Gasteiger partial charge on any atom is -0.340 e. The van der Waals surface area contributed by atoms with Crippen LogP contribution in [0.4, 0.5) is 0 Å². The van der Waals surface area contributed by atoms with Crippen LogP contribution in [0.2, 0.25) is 30.1 Å². The van der Waals surface area contributed by atoms with E-state index in [9.17, 15) is 0 Å². The van der Waals surface area contributed by atoms with Crippen molar-refractivity contribution in [2.75, 3.05) is 0 Å². The van der Waals surface area contributed by atoms with Crippen molar-refractivity contribution in [2.24, 2.45) is 0 Å². The van der Waals surface area contributed by atoms with Gasteiger partial charge >= 0.3 is 0 Å². The van der Waals surface area contributed by atoms with E-state index in [2.05, 4.69) is 0 Å². The molecule has 0 N–H and O–H groups in total. The molecule has 0 unspecified atom stereocenters. The molecule has 1 nitrogen and oxygen atoms in total. The van der Waals surface area contributed by atoms with Crippen LogP contribution in [0.25, 0.3) is 0 Å². The Morgan fingerprint density at radius 2 is 0.378 bits per heavy atom. The van der Waals surface area contributed by atoms with Crippen LogP contribution in [0.3, 0.4) is 0 Å². The molecular formula is C38H24Cl6O. The van der Waals surface area contributed by atoms with E-state index < -0.39 is 11.2 Å². The highest BCUT2D eigenvalue weighted by atomic mass is 35.5. The lowest BCUT2D eigenvalue weighted by atomic mass is 9.75. The fourth-order valence-corrected chi connectivity index (χ4v) is 6.45. The molecule has 0 spiro atoms. The van der Waals surface area contributed by atoms with Crippen LogP contribution in [-0.4, -0.2) is 0 Å². The highest BCUT2D eigenvalue weighted by Gasteiger charge is 2.49. The second-order valence-corrected chi connectivity index (χ2v) is 13.1. The zero-order valence-electron chi connectivity index (χ0n) is 23.5. The minimum atomic E-state index is -1.24. The summed E-state index contributed by atoms with van der Waals surface area (Å²) in [4.78, 5) is 0. The Labute approximate surface area is 292 Å². The summed E-state index contributed by atoms with van der Waals surface area (Å²) < 4.78 is 7.92. The van der Waals surface area contributed by atoms with Gasteiger partial charge < -0.3 is 4.74 Å². The molecule has 0 aliphatic heterocycles. The predicted molar refractivity (Wildman–Crippen MR) is 190 cm³/mol. The maximum Gasteiger partial charge on any atom is 0.145 e. The van der Waals surface area contributed by atoms with Crippen LogP contribution >= 0.6 is 69.6 Å². The lowest BCUT2D eigenvalue weighted by Crippen LogP contribution is -2.44. The molecule has 0 atom stereocenters. The normalized spacial score (nSPS) is 11.9. The number of halogens is 6. The largest absolute Gasteiger partial charge is 0.340 e. The van der Waals surface area contributed by atoms with Crippen molar-refractivity contribution >= 4 is 69.6 Å². The number of hydrogen-bond donors (Lipinski definition) is 0. The Bertz CT molecular complexity index is 1520. The topological polar surface area (TPSA) is 9.23 Å². The first-order chi connectivity index (χ1) is 21.7. The lowest BCUT2D eigenvalue weighted by Gasteiger charge is -2.46. The van der Waals surface area contributed by atoms with Crippen molar-refractivity contribution in [1.29, 1.82) is 0 Å². The zero-order valence-corrected chi connectivity index (χ0v) is 28.1. The van der Waals surface area contributed by atoms with Crippen LogP contribution in [0.15, 0.2) is 146 Å². The van der Waals surface area contributed by atoms with Crippen molar-refractivity contribution in [3.8, 4) is 0 Å². The van der Waals surface area contributed by atoms with Crippen molar-refractivity contribution in [3.05, 3.63) is 209 Å². The summed E-state index contributed by atoms with van der Waals surface area (Å²) in [5.74, 6) is 0. The van der Waals surface area contributed by atoms with E-state index in [0.29, 0.717) is 30.1 Å². The Hall–Kier alpha value is -2.98. The molecule has 7 heteroatoms. The first-order valence-electron chi connectivity index (χ1n) is 14.0. The summed E-state index contributed by atoms with van der Waals surface area (Å²) in [6.45, 7) is 0. The third-order valence-corrected chi connectivity index (χ3v) is 9.32. The second kappa shape index (κ2) is 13.4. The number of rotatable bonds is 8. The summed E-state index contributed by atoms with van der Waals surface area (Å²) in [5.41, 5.74) is 2.51. The third kappa shape index (κ3) is 6.37. The number of hydrogen-bond acceptors (Lipinski definition) is 1. The van der Waals surface area contributed by atoms with Gasteiger partial charge in [-0.1, -0.05) is 142 Å². The molecule has 6 rings (SSSR count). The Morgan fingerprint density at radius 3 is 0.511 bits per heavy atom. The van der Waals surface area contributed by atoms with E-state index in [4.69, 9.17) is 74.3 Å². The van der Waals surface area contributed by atoms with Crippen LogP contribution in [0.1, 0.15) is 33.4 Å². The van der Waals surface area contributed by atoms with E-state index in [0.717, 1.165) is 33.4 Å². The Kier molecular flexibility index (Phi) is 9.52. The van der Waals surface area contributed by atoms with Crippen molar-refractivity contribution in [2.45, 2.75) is 11.2 Å². The first-order valence-corrected chi connectivity index (χ1v) is 16.2. The van der Waals surface area contributed by atoms with Gasteiger partial charge in [-0.15, -0.1) is 0 Å². The molecule has 45 heavy (non-hydrogen) atoms. The van der Waals surface area contributed by atoms with Crippen LogP contribution in [0, 0.1) is 0 Å². The molecule has 0 aliphatic rings. The fraction of sp³-hybridized carbons (Fsp3) is 0.0526. The average Bonchev–Trinajstić information content (AvgIpc) is 3.05. The smallest absolute Gasteiger partial charge is 0.145 e. The summed E-state index contributed by atoms with van der Waals surface area (Å²) in [5, 5.41) is 3.58. The van der Waals surface area contributed by atoms with Crippen molar-refractivity contribution in [3.63, 3.8) is 0 Å². The Morgan fingerprint density at radius 1 is 0.244 bits per heavy atom. The van der Waals surface area contributed by atoms with Crippen LogP contribution in [-0.2, 0) is 15.9 Å². The van der Waals surface area contributed by atoms with Gasteiger partial charge in [0, 0.05) is 30.1 Å². The zero-order chi connectivity index (χ0) is 31.6. The average molecular weight is 709 g/mol.